The van der Waals surface area contributed by atoms with Crippen molar-refractivity contribution in [2.75, 3.05) is 39.3 Å². The molecule has 3 heterocycles. The van der Waals surface area contributed by atoms with Crippen molar-refractivity contribution >= 4 is 0 Å². The van der Waals surface area contributed by atoms with Crippen molar-refractivity contribution in [1.82, 2.24) is 4.90 Å². The number of halogens is 7. The molecule has 0 spiro atoms. The highest BCUT2D eigenvalue weighted by Gasteiger charge is 2.41. The van der Waals surface area contributed by atoms with E-state index in [1.165, 1.54) is 0 Å². The van der Waals surface area contributed by atoms with E-state index in [2.05, 4.69) is 4.90 Å². The predicted octanol–water partition coefficient (Wildman–Crippen LogP) is 0.374. The standard InChI is InChI=1S/C15H17F6N2.BrH/c16-14(17,18)12-7-11(8-13(9-12)15(19,20)21)10-23-4-1-22(2-5-23)3-6-23;/h7-9H,1-6,10H2;1H/q+1;/p-1. The smallest absolute Gasteiger partial charge is 0.416 e. The molecular formula is C15H17BrF6N2. The maximum Gasteiger partial charge on any atom is 0.416 e. The molecule has 3 aliphatic heterocycles. The Balaban J connectivity index is 0.00000208. The Hall–Kier alpha value is -0.800. The number of piperazine rings is 3. The molecule has 4 rings (SSSR count). The summed E-state index contributed by atoms with van der Waals surface area (Å²) >= 11 is 0. The topological polar surface area (TPSA) is 3.24 Å². The molecule has 136 valence electrons. The highest BCUT2D eigenvalue weighted by atomic mass is 79.9. The van der Waals surface area contributed by atoms with Crippen molar-refractivity contribution in [3.05, 3.63) is 34.9 Å². The third-order valence-corrected chi connectivity index (χ3v) is 4.84. The molecule has 0 radical (unpaired) electrons. The highest BCUT2D eigenvalue weighted by Crippen LogP contribution is 2.37. The van der Waals surface area contributed by atoms with Crippen molar-refractivity contribution in [1.29, 1.82) is 0 Å². The summed E-state index contributed by atoms with van der Waals surface area (Å²) in [4.78, 5) is 2.27. The Bertz CT molecular complexity index is 545. The monoisotopic (exact) mass is 418 g/mol. The second-order valence-corrected chi connectivity index (χ2v) is 6.43. The lowest BCUT2D eigenvalue weighted by molar-refractivity contribution is -0.953. The van der Waals surface area contributed by atoms with Gasteiger partial charge in [-0.25, -0.2) is 0 Å². The number of alkyl halides is 6. The molecule has 1 aromatic rings. The van der Waals surface area contributed by atoms with E-state index in [4.69, 9.17) is 0 Å². The van der Waals surface area contributed by atoms with Gasteiger partial charge in [0, 0.05) is 25.2 Å². The molecule has 3 fully saturated rings. The van der Waals surface area contributed by atoms with Gasteiger partial charge in [0.05, 0.1) is 30.8 Å². The van der Waals surface area contributed by atoms with Crippen LogP contribution in [0.2, 0.25) is 0 Å². The van der Waals surface area contributed by atoms with E-state index in [1.807, 2.05) is 0 Å². The average molecular weight is 419 g/mol. The summed E-state index contributed by atoms with van der Waals surface area (Å²) < 4.78 is 78.1. The summed E-state index contributed by atoms with van der Waals surface area (Å²) in [7, 11) is 0. The average Bonchev–Trinajstić information content (AvgIpc) is 2.46. The van der Waals surface area contributed by atoms with Gasteiger partial charge in [-0.2, -0.15) is 26.3 Å². The lowest BCUT2D eigenvalue weighted by atomic mass is 10.0. The zero-order chi connectivity index (χ0) is 16.9. The number of fused-ring (bicyclic) bond motifs is 3. The molecule has 2 bridgehead atoms. The summed E-state index contributed by atoms with van der Waals surface area (Å²) in [6.07, 6.45) is -9.56. The van der Waals surface area contributed by atoms with Crippen molar-refractivity contribution in [2.45, 2.75) is 18.9 Å². The Morgan fingerprint density at radius 2 is 1.21 bits per heavy atom. The summed E-state index contributed by atoms with van der Waals surface area (Å²) in [6.45, 7) is 5.11. The summed E-state index contributed by atoms with van der Waals surface area (Å²) in [6, 6.07) is 1.92. The normalized spacial score (nSPS) is 27.0. The minimum absolute atomic E-state index is 0. The van der Waals surface area contributed by atoms with Crippen LogP contribution in [0.4, 0.5) is 26.3 Å². The van der Waals surface area contributed by atoms with Crippen LogP contribution in [0, 0.1) is 0 Å². The van der Waals surface area contributed by atoms with E-state index in [0.717, 1.165) is 51.4 Å². The molecule has 1 aromatic carbocycles. The minimum Gasteiger partial charge on any atom is -1.00 e. The van der Waals surface area contributed by atoms with Crippen LogP contribution in [0.15, 0.2) is 18.2 Å². The molecule has 0 aliphatic carbocycles. The van der Waals surface area contributed by atoms with Gasteiger partial charge in [-0.15, -0.1) is 0 Å². The number of hydrogen-bond donors (Lipinski definition) is 0. The molecule has 24 heavy (non-hydrogen) atoms. The number of nitrogens with zero attached hydrogens (tertiary/aromatic N) is 2. The number of benzene rings is 1. The van der Waals surface area contributed by atoms with Gasteiger partial charge in [0.25, 0.3) is 0 Å². The lowest BCUT2D eigenvalue weighted by Gasteiger charge is -2.50. The van der Waals surface area contributed by atoms with E-state index in [9.17, 15) is 26.3 Å². The summed E-state index contributed by atoms with van der Waals surface area (Å²) in [5.41, 5.74) is -2.34. The van der Waals surface area contributed by atoms with E-state index in [1.54, 1.807) is 0 Å². The third kappa shape index (κ3) is 4.05. The first-order chi connectivity index (χ1) is 10.6. The van der Waals surface area contributed by atoms with Crippen LogP contribution in [0.1, 0.15) is 16.7 Å². The van der Waals surface area contributed by atoms with Gasteiger partial charge >= 0.3 is 12.4 Å². The summed E-state index contributed by atoms with van der Waals surface area (Å²) in [5.74, 6) is 0. The van der Waals surface area contributed by atoms with Crippen molar-refractivity contribution < 1.29 is 47.8 Å². The van der Waals surface area contributed by atoms with Crippen LogP contribution in [0.25, 0.3) is 0 Å². The molecule has 3 aliphatic rings. The number of quaternary nitrogens is 1. The molecule has 0 aromatic heterocycles. The summed E-state index contributed by atoms with van der Waals surface area (Å²) in [5, 5.41) is 0. The molecular weight excluding hydrogens is 402 g/mol. The van der Waals surface area contributed by atoms with Gasteiger partial charge in [-0.05, 0) is 18.2 Å². The Labute approximate surface area is 146 Å². The largest absolute Gasteiger partial charge is 1.00 e. The Morgan fingerprint density at radius 1 is 0.792 bits per heavy atom. The van der Waals surface area contributed by atoms with E-state index in [-0.39, 0.29) is 35.2 Å². The van der Waals surface area contributed by atoms with Gasteiger partial charge in [-0.1, -0.05) is 0 Å². The van der Waals surface area contributed by atoms with Crippen LogP contribution in [0.3, 0.4) is 0 Å². The van der Waals surface area contributed by atoms with E-state index in [0.29, 0.717) is 4.48 Å². The first kappa shape index (κ1) is 19.5. The second-order valence-electron chi connectivity index (χ2n) is 6.43. The van der Waals surface area contributed by atoms with E-state index >= 15 is 0 Å². The molecule has 0 unspecified atom stereocenters. The second kappa shape index (κ2) is 6.49. The van der Waals surface area contributed by atoms with Crippen LogP contribution >= 0.6 is 0 Å². The minimum atomic E-state index is -4.78. The van der Waals surface area contributed by atoms with Crippen molar-refractivity contribution in [3.63, 3.8) is 0 Å². The van der Waals surface area contributed by atoms with Crippen LogP contribution in [-0.2, 0) is 18.9 Å². The zero-order valence-electron chi connectivity index (χ0n) is 12.7. The quantitative estimate of drug-likeness (QED) is 0.495. The number of hydrogen-bond acceptors (Lipinski definition) is 1. The molecule has 2 nitrogen and oxygen atoms in total. The maximum atomic E-state index is 12.9. The fraction of sp³-hybridized carbons (Fsp3) is 0.600. The zero-order valence-corrected chi connectivity index (χ0v) is 14.3. The van der Waals surface area contributed by atoms with Gasteiger partial charge < -0.3 is 21.5 Å². The van der Waals surface area contributed by atoms with Crippen molar-refractivity contribution in [2.24, 2.45) is 0 Å². The fourth-order valence-corrected chi connectivity index (χ4v) is 3.47. The molecule has 0 atom stereocenters. The third-order valence-electron chi connectivity index (χ3n) is 4.84. The molecule has 3 saturated heterocycles. The molecule has 0 amide bonds. The maximum absolute atomic E-state index is 12.9. The van der Waals surface area contributed by atoms with Gasteiger partial charge in [0.1, 0.15) is 6.54 Å². The van der Waals surface area contributed by atoms with Crippen molar-refractivity contribution in [3.8, 4) is 0 Å². The van der Waals surface area contributed by atoms with Crippen LogP contribution < -0.4 is 17.0 Å². The van der Waals surface area contributed by atoms with Gasteiger partial charge in [-0.3, -0.25) is 4.90 Å². The van der Waals surface area contributed by atoms with Gasteiger partial charge in [0.2, 0.25) is 0 Å². The van der Waals surface area contributed by atoms with Crippen LogP contribution in [-0.4, -0.2) is 48.7 Å². The van der Waals surface area contributed by atoms with Crippen LogP contribution in [0.5, 0.6) is 0 Å². The van der Waals surface area contributed by atoms with E-state index < -0.39 is 23.5 Å². The first-order valence-electron chi connectivity index (χ1n) is 7.43. The molecule has 0 N–H and O–H groups in total. The Kier molecular flexibility index (Phi) is 5.28. The number of rotatable bonds is 2. The van der Waals surface area contributed by atoms with Gasteiger partial charge in [0.15, 0.2) is 0 Å². The first-order valence-corrected chi connectivity index (χ1v) is 7.43. The predicted molar refractivity (Wildman–Crippen MR) is 71.5 cm³/mol. The molecule has 0 saturated carbocycles. The highest BCUT2D eigenvalue weighted by molar-refractivity contribution is 5.33. The lowest BCUT2D eigenvalue weighted by Crippen LogP contribution is -3.00. The molecule has 9 heteroatoms. The SMILES string of the molecule is FC(F)(F)c1cc(C[N+]23CCN(CC2)CC3)cc(C(F)(F)F)c1.[Br-]. The Morgan fingerprint density at radius 3 is 1.58 bits per heavy atom. The fourth-order valence-electron chi connectivity index (χ4n) is 3.47.